The van der Waals surface area contributed by atoms with Gasteiger partial charge in [-0.15, -0.1) is 0 Å². The van der Waals surface area contributed by atoms with Crippen molar-refractivity contribution in [2.24, 2.45) is 0 Å². The second kappa shape index (κ2) is 4.19. The van der Waals surface area contributed by atoms with Crippen LogP contribution in [0, 0.1) is 0 Å². The number of anilines is 2. The van der Waals surface area contributed by atoms with Crippen LogP contribution in [0.15, 0.2) is 24.7 Å². The number of halogens is 1. The van der Waals surface area contributed by atoms with Gasteiger partial charge in [-0.05, 0) is 6.07 Å². The largest absolute Gasteiger partial charge is 0.396 e. The van der Waals surface area contributed by atoms with Crippen LogP contribution in [0.5, 0.6) is 0 Å². The van der Waals surface area contributed by atoms with Gasteiger partial charge in [0.15, 0.2) is 0 Å². The van der Waals surface area contributed by atoms with Gasteiger partial charge < -0.3 is 11.1 Å². The van der Waals surface area contributed by atoms with Crippen molar-refractivity contribution < 1.29 is 4.79 Å². The predicted molar refractivity (Wildman–Crippen MR) is 60.2 cm³/mol. The number of amides is 1. The Bertz CT molecular complexity index is 524. The molecule has 6 nitrogen and oxygen atoms in total. The van der Waals surface area contributed by atoms with Crippen molar-refractivity contribution in [3.8, 4) is 0 Å². The SMILES string of the molecule is Nc1cn[nH]c1C(=O)Nc1cnccc1Cl. The van der Waals surface area contributed by atoms with Crippen molar-refractivity contribution in [1.29, 1.82) is 0 Å². The van der Waals surface area contributed by atoms with Gasteiger partial charge in [-0.25, -0.2) is 0 Å². The summed E-state index contributed by atoms with van der Waals surface area (Å²) in [5.74, 6) is -0.412. The Morgan fingerprint density at radius 2 is 2.31 bits per heavy atom. The molecule has 0 aliphatic rings. The smallest absolute Gasteiger partial charge is 0.275 e. The van der Waals surface area contributed by atoms with Crippen LogP contribution in [-0.2, 0) is 0 Å². The number of nitrogens with zero attached hydrogens (tertiary/aromatic N) is 2. The second-order valence-corrected chi connectivity index (χ2v) is 3.42. The molecule has 2 rings (SSSR count). The van der Waals surface area contributed by atoms with E-state index in [1.165, 1.54) is 18.6 Å². The molecular weight excluding hydrogens is 230 g/mol. The molecule has 0 aliphatic carbocycles. The minimum absolute atomic E-state index is 0.194. The maximum absolute atomic E-state index is 11.7. The van der Waals surface area contributed by atoms with Gasteiger partial charge in [-0.3, -0.25) is 14.9 Å². The fourth-order valence-electron chi connectivity index (χ4n) is 1.13. The topological polar surface area (TPSA) is 96.7 Å². The molecule has 0 saturated carbocycles. The summed E-state index contributed by atoms with van der Waals surface area (Å²) in [5.41, 5.74) is 6.42. The lowest BCUT2D eigenvalue weighted by molar-refractivity contribution is 0.102. The van der Waals surface area contributed by atoms with Gasteiger partial charge in [0.25, 0.3) is 5.91 Å². The van der Waals surface area contributed by atoms with Crippen molar-refractivity contribution in [3.63, 3.8) is 0 Å². The first-order chi connectivity index (χ1) is 7.68. The van der Waals surface area contributed by atoms with E-state index in [1.807, 2.05) is 0 Å². The van der Waals surface area contributed by atoms with Gasteiger partial charge in [0.05, 0.1) is 28.8 Å². The minimum Gasteiger partial charge on any atom is -0.396 e. The normalized spacial score (nSPS) is 10.1. The standard InChI is InChI=1S/C9H8ClN5O/c10-5-1-2-12-4-7(5)14-9(16)8-6(11)3-13-15-8/h1-4H,11H2,(H,13,15)(H,14,16). The molecule has 0 unspecified atom stereocenters. The predicted octanol–water partition coefficient (Wildman–Crippen LogP) is 1.29. The lowest BCUT2D eigenvalue weighted by atomic mass is 10.3. The van der Waals surface area contributed by atoms with Crippen LogP contribution in [0.1, 0.15) is 10.5 Å². The van der Waals surface area contributed by atoms with Crippen LogP contribution in [0.4, 0.5) is 11.4 Å². The fraction of sp³-hybridized carbons (Fsp3) is 0. The maximum atomic E-state index is 11.7. The number of carbonyl (C=O) groups excluding carboxylic acids is 1. The lowest BCUT2D eigenvalue weighted by Crippen LogP contribution is -2.14. The molecule has 0 bridgehead atoms. The molecule has 1 amide bonds. The minimum atomic E-state index is -0.412. The highest BCUT2D eigenvalue weighted by atomic mass is 35.5. The summed E-state index contributed by atoms with van der Waals surface area (Å²) >= 11 is 5.86. The lowest BCUT2D eigenvalue weighted by Gasteiger charge is -2.04. The van der Waals surface area contributed by atoms with E-state index in [0.29, 0.717) is 10.7 Å². The molecule has 0 spiro atoms. The van der Waals surface area contributed by atoms with Gasteiger partial charge >= 0.3 is 0 Å². The Labute approximate surface area is 95.8 Å². The Morgan fingerprint density at radius 1 is 1.50 bits per heavy atom. The highest BCUT2D eigenvalue weighted by Crippen LogP contribution is 2.20. The molecule has 0 aromatic carbocycles. The fourth-order valence-corrected chi connectivity index (χ4v) is 1.28. The number of pyridine rings is 1. The molecule has 4 N–H and O–H groups in total. The third kappa shape index (κ3) is 1.96. The molecule has 0 radical (unpaired) electrons. The monoisotopic (exact) mass is 237 g/mol. The van der Waals surface area contributed by atoms with Gasteiger partial charge in [-0.2, -0.15) is 5.10 Å². The van der Waals surface area contributed by atoms with Crippen molar-refractivity contribution >= 4 is 28.9 Å². The summed E-state index contributed by atoms with van der Waals surface area (Å²) in [7, 11) is 0. The van der Waals surface area contributed by atoms with Gasteiger partial charge in [0.1, 0.15) is 5.69 Å². The molecule has 2 aromatic heterocycles. The number of aromatic amines is 1. The number of rotatable bonds is 2. The number of carbonyl (C=O) groups is 1. The number of H-pyrrole nitrogens is 1. The van der Waals surface area contributed by atoms with Gasteiger partial charge in [0, 0.05) is 6.20 Å². The molecule has 0 fully saturated rings. The third-order valence-electron chi connectivity index (χ3n) is 1.91. The zero-order valence-electron chi connectivity index (χ0n) is 8.07. The molecular formula is C9H8ClN5O. The van der Waals surface area contributed by atoms with E-state index in [0.717, 1.165) is 0 Å². The van der Waals surface area contributed by atoms with Crippen molar-refractivity contribution in [1.82, 2.24) is 15.2 Å². The average Bonchev–Trinajstić information content (AvgIpc) is 2.68. The summed E-state index contributed by atoms with van der Waals surface area (Å²) in [6.45, 7) is 0. The summed E-state index contributed by atoms with van der Waals surface area (Å²) < 4.78 is 0. The molecule has 82 valence electrons. The Hall–Kier alpha value is -2.08. The molecule has 0 saturated heterocycles. The van der Waals surface area contributed by atoms with E-state index >= 15 is 0 Å². The number of nitrogens with two attached hydrogens (primary N) is 1. The van der Waals surface area contributed by atoms with Crippen molar-refractivity contribution in [2.75, 3.05) is 11.1 Å². The van der Waals surface area contributed by atoms with Crippen LogP contribution in [0.2, 0.25) is 5.02 Å². The zero-order valence-corrected chi connectivity index (χ0v) is 8.82. The third-order valence-corrected chi connectivity index (χ3v) is 2.24. The van der Waals surface area contributed by atoms with Crippen LogP contribution in [0.3, 0.4) is 0 Å². The number of hydrogen-bond donors (Lipinski definition) is 3. The summed E-state index contributed by atoms with van der Waals surface area (Å²) in [6.07, 6.45) is 4.34. The average molecular weight is 238 g/mol. The first kappa shape index (κ1) is 10.4. The van der Waals surface area contributed by atoms with Gasteiger partial charge in [-0.1, -0.05) is 11.6 Å². The molecule has 2 aromatic rings. The van der Waals surface area contributed by atoms with E-state index in [9.17, 15) is 4.79 Å². The van der Waals surface area contributed by atoms with Crippen molar-refractivity contribution in [3.05, 3.63) is 35.4 Å². The van der Waals surface area contributed by atoms with Crippen LogP contribution in [-0.4, -0.2) is 21.1 Å². The molecule has 7 heteroatoms. The Morgan fingerprint density at radius 3 is 2.94 bits per heavy atom. The second-order valence-electron chi connectivity index (χ2n) is 3.01. The summed E-state index contributed by atoms with van der Waals surface area (Å²) in [4.78, 5) is 15.5. The van der Waals surface area contributed by atoms with E-state index in [1.54, 1.807) is 6.07 Å². The van der Waals surface area contributed by atoms with Crippen LogP contribution < -0.4 is 11.1 Å². The van der Waals surface area contributed by atoms with E-state index in [4.69, 9.17) is 17.3 Å². The van der Waals surface area contributed by atoms with Crippen LogP contribution in [0.25, 0.3) is 0 Å². The molecule has 2 heterocycles. The molecule has 0 atom stereocenters. The quantitative estimate of drug-likeness (QED) is 0.733. The zero-order chi connectivity index (χ0) is 11.5. The van der Waals surface area contributed by atoms with Gasteiger partial charge in [0.2, 0.25) is 0 Å². The van der Waals surface area contributed by atoms with Crippen LogP contribution >= 0.6 is 11.6 Å². The van der Waals surface area contributed by atoms with E-state index in [2.05, 4.69) is 20.5 Å². The first-order valence-corrected chi connectivity index (χ1v) is 4.76. The summed E-state index contributed by atoms with van der Waals surface area (Å²) in [6, 6.07) is 1.58. The van der Waals surface area contributed by atoms with E-state index in [-0.39, 0.29) is 11.4 Å². The molecule has 16 heavy (non-hydrogen) atoms. The van der Waals surface area contributed by atoms with E-state index < -0.39 is 5.91 Å². The number of nitrogens with one attached hydrogen (secondary N) is 2. The number of nitrogen functional groups attached to an aromatic ring is 1. The number of hydrogen-bond acceptors (Lipinski definition) is 4. The Kier molecular flexibility index (Phi) is 2.74. The molecule has 0 aliphatic heterocycles. The highest BCUT2D eigenvalue weighted by molar-refractivity contribution is 6.33. The highest BCUT2D eigenvalue weighted by Gasteiger charge is 2.13. The summed E-state index contributed by atoms with van der Waals surface area (Å²) in [5, 5.41) is 9.11. The maximum Gasteiger partial charge on any atom is 0.275 e. The number of aromatic nitrogens is 3. The Balaban J connectivity index is 2.21. The first-order valence-electron chi connectivity index (χ1n) is 4.38. The van der Waals surface area contributed by atoms with Crippen molar-refractivity contribution in [2.45, 2.75) is 0 Å².